The number of rotatable bonds is 5. The Kier molecular flexibility index (Phi) is 4.21. The Balaban J connectivity index is 1.91. The fourth-order valence-electron chi connectivity index (χ4n) is 2.61. The van der Waals surface area contributed by atoms with E-state index in [1.807, 2.05) is 60.8 Å². The van der Waals surface area contributed by atoms with E-state index in [0.29, 0.717) is 18.7 Å². The largest absolute Gasteiger partial charge is 0.395 e. The van der Waals surface area contributed by atoms with Crippen LogP contribution in [-0.2, 0) is 6.54 Å². The highest BCUT2D eigenvalue weighted by Crippen LogP contribution is 2.19. The highest BCUT2D eigenvalue weighted by atomic mass is 16.3. The number of carbonyl (C=O) groups excluding carboxylic acids is 1. The monoisotopic (exact) mass is 294 g/mol. The highest BCUT2D eigenvalue weighted by molar-refractivity contribution is 6.05. The molecule has 3 rings (SSSR count). The molecule has 4 heteroatoms. The van der Waals surface area contributed by atoms with Crippen LogP contribution in [0.2, 0.25) is 0 Å². The Hall–Kier alpha value is -2.59. The summed E-state index contributed by atoms with van der Waals surface area (Å²) in [7, 11) is 0. The van der Waals surface area contributed by atoms with Gasteiger partial charge in [-0.3, -0.25) is 4.79 Å². The van der Waals surface area contributed by atoms with Crippen molar-refractivity contribution in [2.75, 3.05) is 13.2 Å². The summed E-state index contributed by atoms with van der Waals surface area (Å²) in [5, 5.41) is 10.3. The van der Waals surface area contributed by atoms with Gasteiger partial charge in [0.2, 0.25) is 0 Å². The highest BCUT2D eigenvalue weighted by Gasteiger charge is 2.18. The maximum absolute atomic E-state index is 12.8. The number of carbonyl (C=O) groups is 1. The number of nitrogens with zero attached hydrogens (tertiary/aromatic N) is 1. The molecular weight excluding hydrogens is 276 g/mol. The normalized spacial score (nSPS) is 10.8. The summed E-state index contributed by atoms with van der Waals surface area (Å²) >= 11 is 0. The van der Waals surface area contributed by atoms with Gasteiger partial charge in [0.1, 0.15) is 0 Å². The zero-order chi connectivity index (χ0) is 15.4. The average Bonchev–Trinajstić information content (AvgIpc) is 3.03. The summed E-state index contributed by atoms with van der Waals surface area (Å²) in [6.07, 6.45) is 1.83. The van der Waals surface area contributed by atoms with Crippen molar-refractivity contribution in [1.82, 2.24) is 9.88 Å². The minimum atomic E-state index is -0.0778. The Morgan fingerprint density at radius 3 is 2.64 bits per heavy atom. The second-order valence-electron chi connectivity index (χ2n) is 5.18. The third kappa shape index (κ3) is 2.87. The van der Waals surface area contributed by atoms with E-state index in [0.717, 1.165) is 16.5 Å². The van der Waals surface area contributed by atoms with Gasteiger partial charge in [0, 0.05) is 24.7 Å². The lowest BCUT2D eigenvalue weighted by Crippen LogP contribution is -2.33. The maximum atomic E-state index is 12.8. The van der Waals surface area contributed by atoms with Crippen molar-refractivity contribution >= 4 is 16.8 Å². The van der Waals surface area contributed by atoms with Crippen LogP contribution in [0.5, 0.6) is 0 Å². The third-order valence-corrected chi connectivity index (χ3v) is 3.69. The van der Waals surface area contributed by atoms with Crippen LogP contribution < -0.4 is 0 Å². The number of aromatic nitrogens is 1. The van der Waals surface area contributed by atoms with E-state index < -0.39 is 0 Å². The molecule has 0 aliphatic rings. The lowest BCUT2D eigenvalue weighted by molar-refractivity contribution is 0.0709. The van der Waals surface area contributed by atoms with Crippen LogP contribution in [0.4, 0.5) is 0 Å². The van der Waals surface area contributed by atoms with Gasteiger partial charge in [-0.1, -0.05) is 42.5 Å². The van der Waals surface area contributed by atoms with Gasteiger partial charge in [-0.15, -0.1) is 0 Å². The van der Waals surface area contributed by atoms with Crippen molar-refractivity contribution in [3.63, 3.8) is 0 Å². The molecule has 0 saturated carbocycles. The number of aromatic amines is 1. The topological polar surface area (TPSA) is 56.3 Å². The number of hydrogen-bond acceptors (Lipinski definition) is 2. The predicted molar refractivity (Wildman–Crippen MR) is 86.6 cm³/mol. The molecule has 1 heterocycles. The number of benzene rings is 2. The van der Waals surface area contributed by atoms with Gasteiger partial charge in [0.25, 0.3) is 5.91 Å². The lowest BCUT2D eigenvalue weighted by Gasteiger charge is -2.22. The van der Waals surface area contributed by atoms with Gasteiger partial charge in [-0.05, 0) is 17.7 Å². The molecule has 2 N–H and O–H groups in total. The first-order chi connectivity index (χ1) is 10.8. The number of fused-ring (bicyclic) bond motifs is 1. The molecule has 0 aliphatic heterocycles. The first-order valence-electron chi connectivity index (χ1n) is 7.30. The van der Waals surface area contributed by atoms with E-state index >= 15 is 0 Å². The van der Waals surface area contributed by atoms with Crippen LogP contribution in [-0.4, -0.2) is 34.0 Å². The molecule has 1 aromatic heterocycles. The molecule has 0 unspecified atom stereocenters. The molecule has 1 amide bonds. The summed E-state index contributed by atoms with van der Waals surface area (Å²) < 4.78 is 0. The standard InChI is InChI=1S/C18H18N2O2/c21-12-11-20(13-14-5-2-1-3-6-14)18(22)16-8-4-7-15-9-10-19-17(15)16/h1-10,19,21H,11-13H2. The van der Waals surface area contributed by atoms with Crippen LogP contribution in [0.1, 0.15) is 15.9 Å². The van der Waals surface area contributed by atoms with E-state index in [1.165, 1.54) is 0 Å². The zero-order valence-electron chi connectivity index (χ0n) is 12.2. The Morgan fingerprint density at radius 2 is 1.86 bits per heavy atom. The third-order valence-electron chi connectivity index (χ3n) is 3.69. The minimum absolute atomic E-state index is 0.0563. The number of para-hydroxylation sites is 1. The van der Waals surface area contributed by atoms with Gasteiger partial charge in [-0.2, -0.15) is 0 Å². The van der Waals surface area contributed by atoms with Crippen molar-refractivity contribution in [2.24, 2.45) is 0 Å². The molecule has 22 heavy (non-hydrogen) atoms. The molecule has 0 atom stereocenters. The molecule has 2 aromatic carbocycles. The van der Waals surface area contributed by atoms with E-state index in [9.17, 15) is 9.90 Å². The average molecular weight is 294 g/mol. The first kappa shape index (κ1) is 14.4. The number of aliphatic hydroxyl groups is 1. The van der Waals surface area contributed by atoms with E-state index in [1.54, 1.807) is 4.90 Å². The van der Waals surface area contributed by atoms with Gasteiger partial charge in [0.05, 0.1) is 17.7 Å². The van der Waals surface area contributed by atoms with E-state index in [4.69, 9.17) is 0 Å². The summed E-state index contributed by atoms with van der Waals surface area (Å²) in [6, 6.07) is 17.4. The quantitative estimate of drug-likeness (QED) is 0.760. The van der Waals surface area contributed by atoms with Crippen molar-refractivity contribution in [1.29, 1.82) is 0 Å². The molecule has 0 radical (unpaired) electrons. The van der Waals surface area contributed by atoms with E-state index in [2.05, 4.69) is 4.98 Å². The lowest BCUT2D eigenvalue weighted by atomic mass is 10.1. The zero-order valence-corrected chi connectivity index (χ0v) is 12.2. The van der Waals surface area contributed by atoms with Gasteiger partial charge in [0.15, 0.2) is 0 Å². The molecule has 0 fully saturated rings. The number of amides is 1. The van der Waals surface area contributed by atoms with Crippen LogP contribution in [0.15, 0.2) is 60.8 Å². The second kappa shape index (κ2) is 6.45. The molecule has 3 aromatic rings. The molecule has 0 bridgehead atoms. The Bertz CT molecular complexity index is 765. The summed E-state index contributed by atoms with van der Waals surface area (Å²) in [6.45, 7) is 0.738. The summed E-state index contributed by atoms with van der Waals surface area (Å²) in [5.74, 6) is -0.0778. The second-order valence-corrected chi connectivity index (χ2v) is 5.18. The summed E-state index contributed by atoms with van der Waals surface area (Å²) in [5.41, 5.74) is 2.51. The van der Waals surface area contributed by atoms with Gasteiger partial charge >= 0.3 is 0 Å². The molecule has 112 valence electrons. The number of hydrogen-bond donors (Lipinski definition) is 2. The molecule has 0 spiro atoms. The van der Waals surface area contributed by atoms with Crippen molar-refractivity contribution in [3.05, 3.63) is 71.9 Å². The summed E-state index contributed by atoms with van der Waals surface area (Å²) in [4.78, 5) is 17.6. The van der Waals surface area contributed by atoms with Crippen LogP contribution in [0.25, 0.3) is 10.9 Å². The molecule has 0 saturated heterocycles. The fourth-order valence-corrected chi connectivity index (χ4v) is 2.61. The Labute approximate surface area is 129 Å². The van der Waals surface area contributed by atoms with E-state index in [-0.39, 0.29) is 12.5 Å². The van der Waals surface area contributed by atoms with Crippen molar-refractivity contribution < 1.29 is 9.90 Å². The van der Waals surface area contributed by atoms with Crippen LogP contribution in [0, 0.1) is 0 Å². The van der Waals surface area contributed by atoms with Crippen molar-refractivity contribution in [3.8, 4) is 0 Å². The van der Waals surface area contributed by atoms with Crippen LogP contribution in [0.3, 0.4) is 0 Å². The van der Waals surface area contributed by atoms with Crippen molar-refractivity contribution in [2.45, 2.75) is 6.54 Å². The number of aliphatic hydroxyl groups excluding tert-OH is 1. The van der Waals surface area contributed by atoms with Gasteiger partial charge in [-0.25, -0.2) is 0 Å². The minimum Gasteiger partial charge on any atom is -0.395 e. The molecule has 4 nitrogen and oxygen atoms in total. The number of H-pyrrole nitrogens is 1. The van der Waals surface area contributed by atoms with Crippen LogP contribution >= 0.6 is 0 Å². The molecular formula is C18H18N2O2. The predicted octanol–water partition coefficient (Wildman–Crippen LogP) is 2.80. The SMILES string of the molecule is O=C(c1cccc2cc[nH]c12)N(CCO)Cc1ccccc1. The number of nitrogens with one attached hydrogen (secondary N) is 1. The molecule has 0 aliphatic carbocycles. The first-order valence-corrected chi connectivity index (χ1v) is 7.30. The smallest absolute Gasteiger partial charge is 0.256 e. The Morgan fingerprint density at radius 1 is 1.05 bits per heavy atom. The maximum Gasteiger partial charge on any atom is 0.256 e. The van der Waals surface area contributed by atoms with Gasteiger partial charge < -0.3 is 15.0 Å². The fraction of sp³-hybridized carbons (Fsp3) is 0.167.